The van der Waals surface area contributed by atoms with Crippen molar-refractivity contribution in [3.05, 3.63) is 35.9 Å². The number of benzene rings is 1. The number of rotatable bonds is 4. The lowest BCUT2D eigenvalue weighted by Gasteiger charge is -2.12. The van der Waals surface area contributed by atoms with E-state index in [-0.39, 0.29) is 12.6 Å². The fourth-order valence-corrected chi connectivity index (χ4v) is 1.05. The Morgan fingerprint density at radius 1 is 1.47 bits per heavy atom. The average molecular weight is 204 g/mol. The molecular weight excluding hydrogens is 192 g/mol. The highest BCUT2D eigenvalue weighted by Crippen LogP contribution is 2.03. The van der Waals surface area contributed by atoms with Crippen molar-refractivity contribution in [3.63, 3.8) is 0 Å². The van der Waals surface area contributed by atoms with Crippen LogP contribution in [-0.4, -0.2) is 24.1 Å². The number of hydrogen-bond acceptors (Lipinski definition) is 3. The molecule has 0 unspecified atom stereocenters. The van der Waals surface area contributed by atoms with E-state index in [0.29, 0.717) is 12.2 Å². The highest BCUT2D eigenvalue weighted by atomic mass is 16.5. The first-order valence-corrected chi connectivity index (χ1v) is 4.64. The molecule has 0 aliphatic heterocycles. The molecule has 1 aromatic rings. The van der Waals surface area contributed by atoms with E-state index in [0.717, 1.165) is 4.90 Å². The van der Waals surface area contributed by atoms with Gasteiger partial charge in [-0.25, -0.2) is 4.90 Å². The maximum absolute atomic E-state index is 11.7. The molecule has 0 N–H and O–H groups in total. The number of nitriles is 1. The van der Waals surface area contributed by atoms with Gasteiger partial charge in [0.05, 0.1) is 0 Å². The second kappa shape index (κ2) is 5.78. The van der Waals surface area contributed by atoms with Crippen LogP contribution >= 0.6 is 0 Å². The molecule has 1 aromatic carbocycles. The van der Waals surface area contributed by atoms with Crippen molar-refractivity contribution >= 4 is 5.91 Å². The van der Waals surface area contributed by atoms with E-state index < -0.39 is 0 Å². The maximum atomic E-state index is 11.7. The van der Waals surface area contributed by atoms with Gasteiger partial charge in [-0.2, -0.15) is 5.26 Å². The fourth-order valence-electron chi connectivity index (χ4n) is 1.05. The van der Waals surface area contributed by atoms with Crippen molar-refractivity contribution in [2.24, 2.45) is 0 Å². The first-order chi connectivity index (χ1) is 7.29. The Morgan fingerprint density at radius 2 is 2.13 bits per heavy atom. The minimum atomic E-state index is -0.341. The SMILES string of the molecule is CCOCN(C#N)C(=O)c1ccccc1. The molecule has 0 atom stereocenters. The second-order valence-electron chi connectivity index (χ2n) is 2.82. The van der Waals surface area contributed by atoms with E-state index in [1.54, 1.807) is 30.5 Å². The van der Waals surface area contributed by atoms with Crippen LogP contribution in [0.3, 0.4) is 0 Å². The van der Waals surface area contributed by atoms with Gasteiger partial charge in [-0.15, -0.1) is 0 Å². The summed E-state index contributed by atoms with van der Waals surface area (Å²) >= 11 is 0. The normalized spacial score (nSPS) is 9.33. The lowest BCUT2D eigenvalue weighted by Crippen LogP contribution is -2.28. The molecule has 0 aliphatic rings. The third-order valence-electron chi connectivity index (χ3n) is 1.81. The van der Waals surface area contributed by atoms with Crippen LogP contribution in [0.2, 0.25) is 0 Å². The molecule has 0 aromatic heterocycles. The molecule has 0 spiro atoms. The highest BCUT2D eigenvalue weighted by molar-refractivity contribution is 5.95. The Morgan fingerprint density at radius 3 is 2.67 bits per heavy atom. The molecule has 0 radical (unpaired) electrons. The number of carbonyl (C=O) groups excluding carboxylic acids is 1. The van der Waals surface area contributed by atoms with Gasteiger partial charge in [0.1, 0.15) is 6.73 Å². The van der Waals surface area contributed by atoms with Crippen molar-refractivity contribution < 1.29 is 9.53 Å². The van der Waals surface area contributed by atoms with Gasteiger partial charge >= 0.3 is 0 Å². The summed E-state index contributed by atoms with van der Waals surface area (Å²) in [5.74, 6) is -0.341. The molecule has 15 heavy (non-hydrogen) atoms. The van der Waals surface area contributed by atoms with Crippen LogP contribution in [0.1, 0.15) is 17.3 Å². The third kappa shape index (κ3) is 3.08. The monoisotopic (exact) mass is 204 g/mol. The third-order valence-corrected chi connectivity index (χ3v) is 1.81. The zero-order valence-electron chi connectivity index (χ0n) is 8.51. The molecule has 4 heteroatoms. The Labute approximate surface area is 88.7 Å². The molecular formula is C11H12N2O2. The summed E-state index contributed by atoms with van der Waals surface area (Å²) in [4.78, 5) is 12.7. The summed E-state index contributed by atoms with van der Waals surface area (Å²) in [6, 6.07) is 8.65. The molecule has 4 nitrogen and oxygen atoms in total. The summed E-state index contributed by atoms with van der Waals surface area (Å²) in [5, 5.41) is 8.76. The molecule has 0 fully saturated rings. The summed E-state index contributed by atoms with van der Waals surface area (Å²) in [5.41, 5.74) is 0.485. The predicted octanol–water partition coefficient (Wildman–Crippen LogP) is 1.60. The maximum Gasteiger partial charge on any atom is 0.268 e. The van der Waals surface area contributed by atoms with Crippen LogP contribution in [0.25, 0.3) is 0 Å². The van der Waals surface area contributed by atoms with E-state index in [2.05, 4.69) is 0 Å². The smallest absolute Gasteiger partial charge is 0.268 e. The molecule has 1 amide bonds. The zero-order valence-corrected chi connectivity index (χ0v) is 8.51. The average Bonchev–Trinajstić information content (AvgIpc) is 2.31. The van der Waals surface area contributed by atoms with Gasteiger partial charge in [0.2, 0.25) is 0 Å². The van der Waals surface area contributed by atoms with Crippen molar-refractivity contribution in [1.29, 1.82) is 5.26 Å². The number of amides is 1. The molecule has 0 aliphatic carbocycles. The quantitative estimate of drug-likeness (QED) is 0.425. The van der Waals surface area contributed by atoms with Gasteiger partial charge in [0.25, 0.3) is 5.91 Å². The zero-order chi connectivity index (χ0) is 11.1. The number of nitrogens with zero attached hydrogens (tertiary/aromatic N) is 2. The van der Waals surface area contributed by atoms with Crippen LogP contribution in [0.15, 0.2) is 30.3 Å². The predicted molar refractivity (Wildman–Crippen MR) is 54.7 cm³/mol. The first-order valence-electron chi connectivity index (χ1n) is 4.64. The Kier molecular flexibility index (Phi) is 4.32. The van der Waals surface area contributed by atoms with Gasteiger partial charge < -0.3 is 4.74 Å². The second-order valence-corrected chi connectivity index (χ2v) is 2.82. The number of hydrogen-bond donors (Lipinski definition) is 0. The van der Waals surface area contributed by atoms with Gasteiger partial charge in [0, 0.05) is 12.2 Å². The van der Waals surface area contributed by atoms with Crippen LogP contribution in [0, 0.1) is 11.5 Å². The Bertz CT molecular complexity index is 357. The van der Waals surface area contributed by atoms with Crippen molar-refractivity contribution in [3.8, 4) is 6.19 Å². The van der Waals surface area contributed by atoms with Gasteiger partial charge in [-0.3, -0.25) is 4.79 Å². The number of ether oxygens (including phenoxy) is 1. The van der Waals surface area contributed by atoms with Gasteiger partial charge in [0.15, 0.2) is 6.19 Å². The van der Waals surface area contributed by atoms with Crippen LogP contribution in [0.4, 0.5) is 0 Å². The molecule has 0 saturated carbocycles. The minimum absolute atomic E-state index is 0.000722. The van der Waals surface area contributed by atoms with Crippen LogP contribution in [0.5, 0.6) is 0 Å². The van der Waals surface area contributed by atoms with Gasteiger partial charge in [-0.05, 0) is 19.1 Å². The standard InChI is InChI=1S/C11H12N2O2/c1-2-15-9-13(8-12)11(14)10-6-4-3-5-7-10/h3-7H,2,9H2,1H3. The van der Waals surface area contributed by atoms with Gasteiger partial charge in [-0.1, -0.05) is 18.2 Å². The molecule has 0 bridgehead atoms. The lowest BCUT2D eigenvalue weighted by molar-refractivity contribution is 0.0475. The van der Waals surface area contributed by atoms with Crippen molar-refractivity contribution in [1.82, 2.24) is 4.90 Å². The number of carbonyl (C=O) groups is 1. The van der Waals surface area contributed by atoms with E-state index in [1.807, 2.05) is 13.0 Å². The Balaban J connectivity index is 2.70. The Hall–Kier alpha value is -1.86. The molecule has 0 heterocycles. The van der Waals surface area contributed by atoms with E-state index in [9.17, 15) is 4.79 Å². The molecule has 0 saturated heterocycles. The van der Waals surface area contributed by atoms with E-state index in [4.69, 9.17) is 10.00 Å². The van der Waals surface area contributed by atoms with Crippen LogP contribution < -0.4 is 0 Å². The minimum Gasteiger partial charge on any atom is -0.360 e. The summed E-state index contributed by atoms with van der Waals surface area (Å²) < 4.78 is 5.01. The lowest BCUT2D eigenvalue weighted by atomic mass is 10.2. The molecule has 1 rings (SSSR count). The fraction of sp³-hybridized carbons (Fsp3) is 0.273. The van der Waals surface area contributed by atoms with Crippen molar-refractivity contribution in [2.75, 3.05) is 13.3 Å². The first kappa shape index (κ1) is 11.2. The highest BCUT2D eigenvalue weighted by Gasteiger charge is 2.14. The van der Waals surface area contributed by atoms with Crippen molar-refractivity contribution in [2.45, 2.75) is 6.92 Å². The van der Waals surface area contributed by atoms with Crippen LogP contribution in [-0.2, 0) is 4.74 Å². The van der Waals surface area contributed by atoms with E-state index in [1.165, 1.54) is 0 Å². The summed E-state index contributed by atoms with van der Waals surface area (Å²) in [6.45, 7) is 2.28. The largest absolute Gasteiger partial charge is 0.360 e. The topological polar surface area (TPSA) is 53.3 Å². The summed E-state index contributed by atoms with van der Waals surface area (Å²) in [6.07, 6.45) is 1.79. The molecule has 78 valence electrons. The van der Waals surface area contributed by atoms with E-state index >= 15 is 0 Å². The summed E-state index contributed by atoms with van der Waals surface area (Å²) in [7, 11) is 0.